The molecule has 0 aromatic heterocycles. The van der Waals surface area contributed by atoms with Crippen LogP contribution in [0.1, 0.15) is 119 Å². The van der Waals surface area contributed by atoms with Crippen LogP contribution in [-0.2, 0) is 19.0 Å². The van der Waals surface area contributed by atoms with E-state index in [1.165, 1.54) is 19.2 Å². The molecule has 4 atom stereocenters. The molecule has 0 amide bonds. The third-order valence-corrected chi connectivity index (χ3v) is 29.2. The molecule has 24 heteroatoms. The van der Waals surface area contributed by atoms with E-state index in [0.29, 0.717) is 11.3 Å². The second-order valence-electron chi connectivity index (χ2n) is 36.3. The topological polar surface area (TPSA) is 225 Å². The van der Waals surface area contributed by atoms with Crippen molar-refractivity contribution in [2.24, 2.45) is 0 Å². The minimum absolute atomic E-state index is 0. The van der Waals surface area contributed by atoms with Gasteiger partial charge in [-0.25, -0.2) is 4.79 Å². The largest absolute Gasteiger partial charge is 0.508 e. The molecule has 4 unspecified atom stereocenters. The molecule has 4 aliphatic rings. The predicted molar refractivity (Wildman–Crippen MR) is 624 cm³/mol. The van der Waals surface area contributed by atoms with Crippen LogP contribution < -0.4 is 61.6 Å². The Labute approximate surface area is 920 Å². The smallest absolute Gasteiger partial charge is 0.332 e. The normalized spacial score (nSPS) is 13.8. The van der Waals surface area contributed by atoms with Crippen LogP contribution in [0, 0.1) is 14.3 Å². The summed E-state index contributed by atoms with van der Waals surface area (Å²) in [6.45, 7) is 5.49. The van der Waals surface area contributed by atoms with E-state index in [-0.39, 0.29) is 60.9 Å². The summed E-state index contributed by atoms with van der Waals surface area (Å²) < 4.78 is 95.6. The van der Waals surface area contributed by atoms with Crippen LogP contribution in [0.15, 0.2) is 315 Å². The number of methoxy groups -OCH3 is 11. The van der Waals surface area contributed by atoms with Crippen LogP contribution in [-0.4, -0.2) is 119 Å². The number of phenols is 3. The summed E-state index contributed by atoms with van der Waals surface area (Å²) in [7, 11) is 20.1. The number of aromatic hydroxyl groups is 3. The van der Waals surface area contributed by atoms with Crippen molar-refractivity contribution in [2.45, 2.75) is 57.5 Å². The van der Waals surface area contributed by atoms with E-state index in [4.69, 9.17) is 66.3 Å². The highest BCUT2D eigenvalue weighted by atomic mass is 127. The summed E-state index contributed by atoms with van der Waals surface area (Å²) in [4.78, 5) is 10.7. The molecule has 19 aromatic rings. The van der Waals surface area contributed by atoms with Gasteiger partial charge in [-0.05, 0) is 369 Å². The quantitative estimate of drug-likeness (QED) is 0.0464. The molecular formula is C125H110I4O20. The number of rotatable bonds is 16. The Morgan fingerprint density at radius 1 is 0.289 bits per heavy atom. The Morgan fingerprint density at radius 2 is 0.617 bits per heavy atom. The summed E-state index contributed by atoms with van der Waals surface area (Å²) in [5.74, 6) is 12.9. The highest BCUT2D eigenvalue weighted by Crippen LogP contribution is 2.61. The van der Waals surface area contributed by atoms with Crippen molar-refractivity contribution >= 4 is 161 Å². The van der Waals surface area contributed by atoms with Gasteiger partial charge in [-0.2, -0.15) is 0 Å². The molecule has 19 aromatic carbocycles. The van der Waals surface area contributed by atoms with E-state index in [2.05, 4.69) is 306 Å². The number of carbonyl (C=O) groups is 1. The van der Waals surface area contributed by atoms with Crippen LogP contribution in [0.25, 0.3) is 75.8 Å². The summed E-state index contributed by atoms with van der Waals surface area (Å²) in [5, 5.41) is 43.6. The standard InChI is InChI=1S/C36H28O4.C30H22I2O4.C30H24O4.C19H12I2O4.C7H14O3.C2H6O.CH4/c1-37-26-14-9-23-12-17-31(39-3)34(29(23)20-26)36-28-16-11-25(22-7-5-4-6-8-22)19-33(28)40-32-18-13-24-10-15-27(38-2)21-30(24)35(32)36;1-33-19-8-4-16-6-10-25(35-3)27(21(16)14-19)29-23-12-18(31)13-24(32)30(23)36-26-11-7-17-5-9-20(34-2)15-22(17)28(26)29;1-31-20-12-8-18-10-14-26(33-3)28(23(18)16-20)30-22-6-4-5-7-25(22)34-27-15-11-19-9-13-21(32-2)17-24(19)29(27)30;20-9-5-14-18(12-7-10(22)1-3-16(12)24)13-8-11(23)2-4-17(13)25-19(14)15(21)6-9;1-7(2,3)10-6(8)5-9-4;1-3-2;/h4-21,36H,1-3H3;4-15,29H,1-3H3;4-17,30H,1-3H3;1-8,18,22-24H;5H2,1-4H3;1-2H3;1H4. The van der Waals surface area contributed by atoms with E-state index in [1.807, 2.05) is 93.6 Å². The minimum atomic E-state index is -0.407. The van der Waals surface area contributed by atoms with Crippen LogP contribution >= 0.6 is 90.4 Å². The van der Waals surface area contributed by atoms with Crippen molar-refractivity contribution in [1.82, 2.24) is 0 Å². The second kappa shape index (κ2) is 46.3. The molecule has 3 N–H and O–H groups in total. The SMILES string of the molecule is C.COC.COCC(=O)OC(C)(C)C.COc1ccc2ccc(OC)c(C3c4cc(I)cc(I)c4Oc4ccc5ccc(OC)cc5c43)c2c1.COc1ccc2ccc(OC)c(C3c4ccc(-c5ccccc5)cc4Oc4ccc5ccc(OC)cc5c43)c2c1.COc1ccc2ccc(OC)c(C3c4ccccc4Oc4ccc5ccc(OC)cc5c43)c2c1.Oc1ccc(O)c(C2c3cc(O)ccc3Oc3c(I)cc(I)cc32)c1. The van der Waals surface area contributed by atoms with Gasteiger partial charge in [0.05, 0.1) is 71.1 Å². The van der Waals surface area contributed by atoms with Crippen LogP contribution in [0.2, 0.25) is 0 Å². The van der Waals surface area contributed by atoms with Crippen molar-refractivity contribution in [2.75, 3.05) is 91.9 Å². The van der Waals surface area contributed by atoms with Gasteiger partial charge in [-0.1, -0.05) is 141 Å². The average molecular weight is 2440 g/mol. The van der Waals surface area contributed by atoms with Gasteiger partial charge < -0.3 is 91.1 Å². The molecule has 0 aliphatic carbocycles. The molecule has 0 radical (unpaired) electrons. The van der Waals surface area contributed by atoms with Gasteiger partial charge >= 0.3 is 5.97 Å². The molecule has 0 saturated heterocycles. The van der Waals surface area contributed by atoms with Crippen molar-refractivity contribution in [3.05, 3.63) is 396 Å². The fourth-order valence-electron chi connectivity index (χ4n) is 19.9. The summed E-state index contributed by atoms with van der Waals surface area (Å²) in [5.41, 5.74) is 13.9. The molecular weight excluding hydrogens is 2330 g/mol. The van der Waals surface area contributed by atoms with Gasteiger partial charge in [0.2, 0.25) is 0 Å². The highest BCUT2D eigenvalue weighted by molar-refractivity contribution is 14.1. The van der Waals surface area contributed by atoms with Crippen LogP contribution in [0.4, 0.5) is 0 Å². The molecule has 0 fully saturated rings. The first-order valence-corrected chi connectivity index (χ1v) is 51.7. The number of benzene rings is 19. The average Bonchev–Trinajstić information content (AvgIpc) is 0.719. The Hall–Kier alpha value is -14.2. The van der Waals surface area contributed by atoms with E-state index in [9.17, 15) is 20.1 Å². The number of hydrogen-bond donors (Lipinski definition) is 3. The number of phenolic OH excluding ortho intramolecular Hbond substituents is 3. The lowest BCUT2D eigenvalue weighted by atomic mass is 9.78. The van der Waals surface area contributed by atoms with Crippen molar-refractivity contribution in [1.29, 1.82) is 0 Å². The molecule has 4 aliphatic heterocycles. The molecule has 149 heavy (non-hydrogen) atoms. The van der Waals surface area contributed by atoms with Gasteiger partial charge in [0.25, 0.3) is 0 Å². The van der Waals surface area contributed by atoms with Crippen LogP contribution in [0.5, 0.6) is 115 Å². The fourth-order valence-corrected chi connectivity index (χ4v) is 23.9. The minimum Gasteiger partial charge on any atom is -0.508 e. The number of esters is 1. The number of carbonyl (C=O) groups excluding carboxylic acids is 1. The third-order valence-electron chi connectivity index (χ3n) is 26.3. The first-order chi connectivity index (χ1) is 71.7. The van der Waals surface area contributed by atoms with Gasteiger partial charge in [-0.3, -0.25) is 0 Å². The van der Waals surface area contributed by atoms with Gasteiger partial charge in [-0.15, -0.1) is 0 Å². The van der Waals surface area contributed by atoms with Gasteiger partial charge in [0.15, 0.2) is 0 Å². The summed E-state index contributed by atoms with van der Waals surface area (Å²) in [6.07, 6.45) is 0. The lowest BCUT2D eigenvalue weighted by molar-refractivity contribution is -0.159. The lowest BCUT2D eigenvalue weighted by Gasteiger charge is -2.32. The Balaban J connectivity index is 0.000000131. The lowest BCUT2D eigenvalue weighted by Crippen LogP contribution is -2.26. The monoisotopic (exact) mass is 2440 g/mol. The van der Waals surface area contributed by atoms with Gasteiger partial charge in [0.1, 0.15) is 127 Å². The zero-order valence-corrected chi connectivity index (χ0v) is 92.5. The maximum atomic E-state index is 10.7. The first-order valence-electron chi connectivity index (χ1n) is 47.4. The molecule has 0 bridgehead atoms. The molecule has 0 saturated carbocycles. The Morgan fingerprint density at radius 3 is 1.02 bits per heavy atom. The highest BCUT2D eigenvalue weighted by Gasteiger charge is 2.40. The van der Waals surface area contributed by atoms with Gasteiger partial charge in [0, 0.05) is 119 Å². The zero-order valence-electron chi connectivity index (χ0n) is 83.8. The maximum absolute atomic E-state index is 10.7. The van der Waals surface area contributed by atoms with Crippen molar-refractivity contribution < 1.29 is 95.9 Å². The van der Waals surface area contributed by atoms with E-state index >= 15 is 0 Å². The summed E-state index contributed by atoms with van der Waals surface area (Å²) >= 11 is 9.23. The van der Waals surface area contributed by atoms with E-state index < -0.39 is 5.60 Å². The number of fused-ring (bicyclic) bond motifs is 17. The molecule has 4 heterocycles. The van der Waals surface area contributed by atoms with Crippen LogP contribution in [0.3, 0.4) is 0 Å². The number of hydrogen-bond acceptors (Lipinski definition) is 20. The fraction of sp³-hybridized carbons (Fsp3) is 0.176. The number of para-hydroxylation sites is 1. The van der Waals surface area contributed by atoms with Crippen molar-refractivity contribution in [3.63, 3.8) is 0 Å². The molecule has 0 spiro atoms. The second-order valence-corrected chi connectivity index (χ2v) is 41.1. The molecule has 23 rings (SSSR count). The first kappa shape index (κ1) is 106. The number of halogens is 4. The molecule has 758 valence electrons. The number of ether oxygens (including phenoxy) is 16. The summed E-state index contributed by atoms with van der Waals surface area (Å²) in [6, 6.07) is 105. The molecule has 20 nitrogen and oxygen atoms in total. The predicted octanol–water partition coefficient (Wildman–Crippen LogP) is 32.0. The van der Waals surface area contributed by atoms with E-state index in [1.54, 1.807) is 102 Å². The van der Waals surface area contributed by atoms with E-state index in [0.717, 1.165) is 243 Å². The maximum Gasteiger partial charge on any atom is 0.332 e. The Bertz CT molecular complexity index is 8240. The zero-order chi connectivity index (χ0) is 104. The third kappa shape index (κ3) is 21.9. The Kier molecular flexibility index (Phi) is 33.0. The van der Waals surface area contributed by atoms with Crippen molar-refractivity contribution in [3.8, 4) is 126 Å².